The summed E-state index contributed by atoms with van der Waals surface area (Å²) >= 11 is 0. The number of carbonyl (C=O) groups is 1. The van der Waals surface area contributed by atoms with Crippen LogP contribution in [-0.4, -0.2) is 49.2 Å². The first-order valence-electron chi connectivity index (χ1n) is 6.61. The second-order valence-electron chi connectivity index (χ2n) is 3.45. The van der Waals surface area contributed by atoms with Crippen LogP contribution >= 0.6 is 0 Å². The van der Waals surface area contributed by atoms with E-state index in [1.807, 2.05) is 39.0 Å². The quantitative estimate of drug-likeness (QED) is 0.617. The van der Waals surface area contributed by atoms with Crippen molar-refractivity contribution in [1.82, 2.24) is 0 Å². The van der Waals surface area contributed by atoms with Crippen LogP contribution in [0.15, 0.2) is 30.3 Å². The number of aliphatic hydroxyl groups is 2. The lowest BCUT2D eigenvalue weighted by atomic mass is 10.2. The molecule has 20 heavy (non-hydrogen) atoms. The van der Waals surface area contributed by atoms with Crippen LogP contribution in [0, 0.1) is 0 Å². The van der Waals surface area contributed by atoms with Gasteiger partial charge in [-0.05, 0) is 20.8 Å². The predicted octanol–water partition coefficient (Wildman–Crippen LogP) is 1.88. The molecule has 0 aliphatic carbocycles. The van der Waals surface area contributed by atoms with Crippen molar-refractivity contribution in [2.24, 2.45) is 0 Å². The number of ether oxygens (including phenoxy) is 2. The smallest absolute Gasteiger partial charge is 0.154 e. The van der Waals surface area contributed by atoms with Crippen LogP contribution in [0.4, 0.5) is 0 Å². The summed E-state index contributed by atoms with van der Waals surface area (Å²) in [5, 5.41) is 15.2. The molecule has 0 fully saturated rings. The zero-order chi connectivity index (χ0) is 15.6. The normalized spacial score (nSPS) is 9.10. The molecule has 0 unspecified atom stereocenters. The van der Waals surface area contributed by atoms with E-state index in [2.05, 4.69) is 0 Å². The maximum Gasteiger partial charge on any atom is 0.154 e. The van der Waals surface area contributed by atoms with Gasteiger partial charge in [-0.15, -0.1) is 0 Å². The van der Waals surface area contributed by atoms with Gasteiger partial charge in [0.05, 0.1) is 13.2 Å². The molecule has 0 aromatic heterocycles. The topological polar surface area (TPSA) is 76.0 Å². The zero-order valence-electron chi connectivity index (χ0n) is 12.5. The Morgan fingerprint density at radius 1 is 1.05 bits per heavy atom. The minimum absolute atomic E-state index is 0.0370. The van der Waals surface area contributed by atoms with Crippen LogP contribution < -0.4 is 0 Å². The minimum atomic E-state index is -0.125. The lowest BCUT2D eigenvalue weighted by Gasteiger charge is -2.09. The number of rotatable bonds is 6. The average Bonchev–Trinajstić information content (AvgIpc) is 2.49. The summed E-state index contributed by atoms with van der Waals surface area (Å²) in [6.45, 7) is 7.00. The summed E-state index contributed by atoms with van der Waals surface area (Å²) in [5.74, 6) is 0. The minimum Gasteiger partial charge on any atom is -0.394 e. The first kappa shape index (κ1) is 21.0. The zero-order valence-corrected chi connectivity index (χ0v) is 12.5. The highest BCUT2D eigenvalue weighted by molar-refractivity contribution is 5.74. The number of benzene rings is 1. The molecule has 0 amide bonds. The third kappa shape index (κ3) is 16.7. The van der Waals surface area contributed by atoms with Crippen LogP contribution in [0.2, 0.25) is 0 Å². The Morgan fingerprint density at radius 2 is 1.50 bits per heavy atom. The standard InChI is InChI=1S/C7H6O.C6H14O2.C2H6O2/c8-6-7-4-2-1-3-5-7;1-4-7-6(3)8-5-2;3-1-2-4/h1-6H;6H,4-5H2,1-3H3;3-4H,1-2H2. The van der Waals surface area contributed by atoms with E-state index < -0.39 is 0 Å². The van der Waals surface area contributed by atoms with E-state index in [-0.39, 0.29) is 19.5 Å². The Labute approximate surface area is 121 Å². The third-order valence-electron chi connectivity index (χ3n) is 1.84. The predicted molar refractivity (Wildman–Crippen MR) is 78.7 cm³/mol. The third-order valence-corrected chi connectivity index (χ3v) is 1.84. The highest BCUT2D eigenvalue weighted by Crippen LogP contribution is 1.91. The molecule has 0 atom stereocenters. The Morgan fingerprint density at radius 3 is 1.75 bits per heavy atom. The fraction of sp³-hybridized carbons (Fsp3) is 0.533. The summed E-state index contributed by atoms with van der Waals surface area (Å²) in [7, 11) is 0. The maximum absolute atomic E-state index is 10.0. The van der Waals surface area contributed by atoms with Gasteiger partial charge in [0.2, 0.25) is 0 Å². The van der Waals surface area contributed by atoms with Crippen molar-refractivity contribution >= 4 is 6.29 Å². The van der Waals surface area contributed by atoms with Crippen LogP contribution in [0.3, 0.4) is 0 Å². The summed E-state index contributed by atoms with van der Waals surface area (Å²) in [6.07, 6.45) is 0.796. The van der Waals surface area contributed by atoms with Crippen molar-refractivity contribution < 1.29 is 24.5 Å². The van der Waals surface area contributed by atoms with Gasteiger partial charge in [0.1, 0.15) is 6.29 Å². The van der Waals surface area contributed by atoms with Crippen LogP contribution in [0.5, 0.6) is 0 Å². The Bertz CT molecular complexity index is 282. The van der Waals surface area contributed by atoms with Gasteiger partial charge in [-0.2, -0.15) is 0 Å². The van der Waals surface area contributed by atoms with E-state index in [1.54, 1.807) is 12.1 Å². The van der Waals surface area contributed by atoms with Crippen molar-refractivity contribution in [3.63, 3.8) is 0 Å². The van der Waals surface area contributed by atoms with Gasteiger partial charge < -0.3 is 19.7 Å². The molecule has 0 aliphatic heterocycles. The molecule has 1 rings (SSSR count). The average molecular weight is 286 g/mol. The summed E-state index contributed by atoms with van der Waals surface area (Å²) in [4.78, 5) is 10.0. The molecule has 0 heterocycles. The summed E-state index contributed by atoms with van der Waals surface area (Å²) in [5.41, 5.74) is 0.729. The number of carbonyl (C=O) groups excluding carboxylic acids is 1. The monoisotopic (exact) mass is 286 g/mol. The van der Waals surface area contributed by atoms with Gasteiger partial charge in [0, 0.05) is 18.8 Å². The molecule has 2 N–H and O–H groups in total. The van der Waals surface area contributed by atoms with E-state index in [1.165, 1.54) is 0 Å². The van der Waals surface area contributed by atoms with Crippen molar-refractivity contribution in [3.8, 4) is 0 Å². The number of aldehydes is 1. The number of aliphatic hydroxyl groups excluding tert-OH is 2. The van der Waals surface area contributed by atoms with Crippen LogP contribution in [0.25, 0.3) is 0 Å². The van der Waals surface area contributed by atoms with Crippen molar-refractivity contribution in [2.45, 2.75) is 27.1 Å². The van der Waals surface area contributed by atoms with Crippen molar-refractivity contribution in [2.75, 3.05) is 26.4 Å². The fourth-order valence-electron chi connectivity index (χ4n) is 1.05. The largest absolute Gasteiger partial charge is 0.394 e. The van der Waals surface area contributed by atoms with Crippen molar-refractivity contribution in [1.29, 1.82) is 0 Å². The Hall–Kier alpha value is -1.27. The summed E-state index contributed by atoms with van der Waals surface area (Å²) < 4.78 is 10.1. The molecular formula is C15H26O5. The van der Waals surface area contributed by atoms with Crippen molar-refractivity contribution in [3.05, 3.63) is 35.9 Å². The van der Waals surface area contributed by atoms with Gasteiger partial charge in [-0.3, -0.25) is 4.79 Å². The Balaban J connectivity index is 0. The molecule has 0 bridgehead atoms. The molecule has 5 nitrogen and oxygen atoms in total. The van der Waals surface area contributed by atoms with E-state index in [4.69, 9.17) is 19.7 Å². The van der Waals surface area contributed by atoms with Gasteiger partial charge in [-0.1, -0.05) is 30.3 Å². The number of hydrogen-bond donors (Lipinski definition) is 2. The first-order valence-corrected chi connectivity index (χ1v) is 6.61. The maximum atomic E-state index is 10.0. The molecule has 0 radical (unpaired) electrons. The lowest BCUT2D eigenvalue weighted by Crippen LogP contribution is -2.11. The highest BCUT2D eigenvalue weighted by Gasteiger charge is 1.94. The molecule has 0 spiro atoms. The van der Waals surface area contributed by atoms with Gasteiger partial charge in [0.15, 0.2) is 6.29 Å². The van der Waals surface area contributed by atoms with Crippen LogP contribution in [0.1, 0.15) is 31.1 Å². The van der Waals surface area contributed by atoms with E-state index in [0.29, 0.717) is 0 Å². The van der Waals surface area contributed by atoms with E-state index >= 15 is 0 Å². The molecular weight excluding hydrogens is 260 g/mol. The molecule has 5 heteroatoms. The molecule has 116 valence electrons. The fourth-order valence-corrected chi connectivity index (χ4v) is 1.05. The Kier molecular flexibility index (Phi) is 18.6. The number of hydrogen-bond acceptors (Lipinski definition) is 5. The van der Waals surface area contributed by atoms with Crippen LogP contribution in [-0.2, 0) is 9.47 Å². The van der Waals surface area contributed by atoms with Gasteiger partial charge in [-0.25, -0.2) is 0 Å². The second-order valence-corrected chi connectivity index (χ2v) is 3.45. The summed E-state index contributed by atoms with van der Waals surface area (Å²) in [6, 6.07) is 9.10. The molecule has 1 aromatic carbocycles. The molecule has 0 saturated heterocycles. The first-order chi connectivity index (χ1) is 9.65. The van der Waals surface area contributed by atoms with Gasteiger partial charge >= 0.3 is 0 Å². The van der Waals surface area contributed by atoms with E-state index in [0.717, 1.165) is 25.1 Å². The lowest BCUT2D eigenvalue weighted by molar-refractivity contribution is -0.123. The molecule has 0 saturated carbocycles. The van der Waals surface area contributed by atoms with Gasteiger partial charge in [0.25, 0.3) is 0 Å². The molecule has 0 aliphatic rings. The SMILES string of the molecule is CCOC(C)OCC.O=Cc1ccccc1.OCCO. The highest BCUT2D eigenvalue weighted by atomic mass is 16.7. The molecule has 1 aromatic rings. The van der Waals surface area contributed by atoms with E-state index in [9.17, 15) is 4.79 Å². The second kappa shape index (κ2) is 17.7.